The average Bonchev–Trinajstić information content (AvgIpc) is 2.93. The van der Waals surface area contributed by atoms with Crippen molar-refractivity contribution in [3.05, 3.63) is 21.3 Å². The zero-order valence-electron chi connectivity index (χ0n) is 10.0. The minimum absolute atomic E-state index is 0.00484. The van der Waals surface area contributed by atoms with Crippen LogP contribution in [0.3, 0.4) is 0 Å². The van der Waals surface area contributed by atoms with E-state index in [0.29, 0.717) is 15.9 Å². The Hall–Kier alpha value is -0.830. The van der Waals surface area contributed by atoms with Gasteiger partial charge in [0, 0.05) is 4.88 Å². The summed E-state index contributed by atoms with van der Waals surface area (Å²) < 4.78 is 28.5. The molecule has 0 aliphatic carbocycles. The van der Waals surface area contributed by atoms with Crippen molar-refractivity contribution in [1.82, 2.24) is 4.37 Å². The predicted octanol–water partition coefficient (Wildman–Crippen LogP) is 2.85. The molecule has 104 valence electrons. The topological polar surface area (TPSA) is 85.1 Å². The van der Waals surface area contributed by atoms with Gasteiger partial charge in [0.2, 0.25) is 0 Å². The largest absolute Gasteiger partial charge is 0.382 e. The summed E-state index contributed by atoms with van der Waals surface area (Å²) in [6, 6.07) is 3.69. The number of hydrogen-bond acceptors (Lipinski definition) is 7. The summed E-state index contributed by atoms with van der Waals surface area (Å²) in [6.45, 7) is 2.07. The fourth-order valence-electron chi connectivity index (χ4n) is 1.47. The zero-order chi connectivity index (χ0) is 14.0. The van der Waals surface area contributed by atoms with Crippen LogP contribution in [0.2, 0.25) is 4.34 Å². The molecular formula is C10H12ClN3O2S3. The highest BCUT2D eigenvalue weighted by Gasteiger charge is 2.23. The molecule has 0 saturated carbocycles. The number of nitrogens with one attached hydrogen (secondary N) is 1. The SMILES string of the molecule is CCS(=O)(=O)c1c(N)nsc1NCc1ccc(Cl)s1. The second-order valence-electron chi connectivity index (χ2n) is 3.69. The van der Waals surface area contributed by atoms with Gasteiger partial charge < -0.3 is 11.1 Å². The van der Waals surface area contributed by atoms with Crippen LogP contribution in [-0.2, 0) is 16.4 Å². The van der Waals surface area contributed by atoms with Crippen molar-refractivity contribution in [2.45, 2.75) is 18.4 Å². The summed E-state index contributed by atoms with van der Waals surface area (Å²) in [7, 11) is -3.38. The van der Waals surface area contributed by atoms with Gasteiger partial charge in [-0.25, -0.2) is 8.42 Å². The Morgan fingerprint density at radius 2 is 2.21 bits per heavy atom. The van der Waals surface area contributed by atoms with E-state index in [1.807, 2.05) is 6.07 Å². The maximum Gasteiger partial charge on any atom is 0.184 e. The van der Waals surface area contributed by atoms with Gasteiger partial charge >= 0.3 is 0 Å². The first-order valence-electron chi connectivity index (χ1n) is 5.40. The van der Waals surface area contributed by atoms with Gasteiger partial charge in [0.15, 0.2) is 15.7 Å². The van der Waals surface area contributed by atoms with Gasteiger partial charge in [-0.15, -0.1) is 11.3 Å². The molecule has 0 saturated heterocycles. The van der Waals surface area contributed by atoms with Gasteiger partial charge in [0.1, 0.15) is 9.90 Å². The van der Waals surface area contributed by atoms with Crippen molar-refractivity contribution in [2.75, 3.05) is 16.8 Å². The Morgan fingerprint density at radius 1 is 1.47 bits per heavy atom. The lowest BCUT2D eigenvalue weighted by Crippen LogP contribution is -2.09. The van der Waals surface area contributed by atoms with E-state index in [1.165, 1.54) is 11.3 Å². The quantitative estimate of drug-likeness (QED) is 0.876. The van der Waals surface area contributed by atoms with Crippen LogP contribution < -0.4 is 11.1 Å². The molecule has 0 atom stereocenters. The molecule has 0 aliphatic heterocycles. The summed E-state index contributed by atoms with van der Waals surface area (Å²) in [5.74, 6) is 0.0494. The standard InChI is InChI=1S/C10H12ClN3O2S3/c1-2-19(15,16)8-9(12)14-18-10(8)13-5-6-3-4-7(11)17-6/h3-4,13H,2,5H2,1H3,(H2,12,14). The van der Waals surface area contributed by atoms with Gasteiger partial charge in [-0.05, 0) is 23.7 Å². The third-order valence-electron chi connectivity index (χ3n) is 2.42. The fraction of sp³-hybridized carbons (Fsp3) is 0.300. The fourth-order valence-corrected chi connectivity index (χ4v) is 4.66. The number of rotatable bonds is 5. The van der Waals surface area contributed by atoms with E-state index in [4.69, 9.17) is 17.3 Å². The lowest BCUT2D eigenvalue weighted by Gasteiger charge is -2.05. The Kier molecular flexibility index (Phi) is 4.34. The summed E-state index contributed by atoms with van der Waals surface area (Å²) in [4.78, 5) is 1.11. The van der Waals surface area contributed by atoms with E-state index in [9.17, 15) is 8.42 Å². The Balaban J connectivity index is 2.22. The molecule has 5 nitrogen and oxygen atoms in total. The second kappa shape index (κ2) is 5.66. The van der Waals surface area contributed by atoms with E-state index in [0.717, 1.165) is 16.4 Å². The number of aromatic nitrogens is 1. The van der Waals surface area contributed by atoms with E-state index >= 15 is 0 Å². The van der Waals surface area contributed by atoms with Crippen LogP contribution in [0.5, 0.6) is 0 Å². The molecule has 0 fully saturated rings. The summed E-state index contributed by atoms with van der Waals surface area (Å²) >= 11 is 8.33. The molecule has 0 amide bonds. The number of halogens is 1. The first-order chi connectivity index (χ1) is 8.94. The Labute approximate surface area is 124 Å². The predicted molar refractivity (Wildman–Crippen MR) is 80.9 cm³/mol. The van der Waals surface area contributed by atoms with Gasteiger partial charge in [-0.1, -0.05) is 18.5 Å². The second-order valence-corrected chi connectivity index (χ2v) is 8.48. The maximum absolute atomic E-state index is 11.9. The molecular weight excluding hydrogens is 326 g/mol. The van der Waals surface area contributed by atoms with Crippen LogP contribution in [-0.4, -0.2) is 18.5 Å². The van der Waals surface area contributed by atoms with Crippen molar-refractivity contribution in [1.29, 1.82) is 0 Å². The van der Waals surface area contributed by atoms with E-state index in [-0.39, 0.29) is 16.5 Å². The van der Waals surface area contributed by atoms with Crippen molar-refractivity contribution in [3.8, 4) is 0 Å². The molecule has 2 heterocycles. The molecule has 0 bridgehead atoms. The first kappa shape index (κ1) is 14.6. The molecule has 2 aromatic rings. The molecule has 9 heteroatoms. The first-order valence-corrected chi connectivity index (χ1v) is 9.02. The number of anilines is 2. The number of thiophene rings is 1. The maximum atomic E-state index is 11.9. The minimum Gasteiger partial charge on any atom is -0.382 e. The van der Waals surface area contributed by atoms with Gasteiger partial charge in [-0.2, -0.15) is 4.37 Å². The molecule has 0 aliphatic rings. The van der Waals surface area contributed by atoms with E-state index in [1.54, 1.807) is 13.0 Å². The molecule has 0 spiro atoms. The Morgan fingerprint density at radius 3 is 2.79 bits per heavy atom. The highest BCUT2D eigenvalue weighted by atomic mass is 35.5. The lowest BCUT2D eigenvalue weighted by molar-refractivity contribution is 0.598. The van der Waals surface area contributed by atoms with Crippen LogP contribution in [0.1, 0.15) is 11.8 Å². The molecule has 0 unspecified atom stereocenters. The smallest absolute Gasteiger partial charge is 0.184 e. The number of sulfone groups is 1. The van der Waals surface area contributed by atoms with Crippen LogP contribution >= 0.6 is 34.5 Å². The number of hydrogen-bond donors (Lipinski definition) is 2. The van der Waals surface area contributed by atoms with Crippen molar-refractivity contribution >= 4 is 55.1 Å². The van der Waals surface area contributed by atoms with Crippen LogP contribution in [0.15, 0.2) is 17.0 Å². The Bertz CT molecular complexity index is 678. The number of nitrogens with zero attached hydrogens (tertiary/aromatic N) is 1. The third kappa shape index (κ3) is 3.19. The molecule has 0 aromatic carbocycles. The molecule has 19 heavy (non-hydrogen) atoms. The highest BCUT2D eigenvalue weighted by molar-refractivity contribution is 7.91. The van der Waals surface area contributed by atoms with E-state index < -0.39 is 9.84 Å². The monoisotopic (exact) mass is 337 g/mol. The van der Waals surface area contributed by atoms with Crippen molar-refractivity contribution in [3.63, 3.8) is 0 Å². The van der Waals surface area contributed by atoms with Crippen LogP contribution in [0.25, 0.3) is 0 Å². The summed E-state index contributed by atoms with van der Waals surface area (Å²) in [5, 5.41) is 3.53. The van der Waals surface area contributed by atoms with Gasteiger partial charge in [-0.3, -0.25) is 0 Å². The molecule has 2 rings (SSSR count). The summed E-state index contributed by atoms with van der Waals surface area (Å²) in [6.07, 6.45) is 0. The van der Waals surface area contributed by atoms with Gasteiger partial charge in [0.05, 0.1) is 16.6 Å². The lowest BCUT2D eigenvalue weighted by atomic mass is 10.4. The van der Waals surface area contributed by atoms with Crippen LogP contribution in [0, 0.1) is 0 Å². The third-order valence-corrected chi connectivity index (χ3v) is 6.39. The van der Waals surface area contributed by atoms with Crippen molar-refractivity contribution < 1.29 is 8.42 Å². The van der Waals surface area contributed by atoms with E-state index in [2.05, 4.69) is 9.69 Å². The minimum atomic E-state index is -3.38. The van der Waals surface area contributed by atoms with Crippen molar-refractivity contribution in [2.24, 2.45) is 0 Å². The average molecular weight is 338 g/mol. The summed E-state index contributed by atoms with van der Waals surface area (Å²) in [5.41, 5.74) is 5.64. The molecule has 0 radical (unpaired) electrons. The molecule has 3 N–H and O–H groups in total. The van der Waals surface area contributed by atoms with Crippen LogP contribution in [0.4, 0.5) is 10.8 Å². The normalized spacial score (nSPS) is 11.7. The van der Waals surface area contributed by atoms with Gasteiger partial charge in [0.25, 0.3) is 0 Å². The number of nitrogens with two attached hydrogens (primary N) is 1. The highest BCUT2D eigenvalue weighted by Crippen LogP contribution is 2.33. The zero-order valence-corrected chi connectivity index (χ0v) is 13.2. The number of nitrogen functional groups attached to an aromatic ring is 1. The molecule has 2 aromatic heterocycles.